The van der Waals surface area contributed by atoms with Gasteiger partial charge in [-0.25, -0.2) is 0 Å². The van der Waals surface area contributed by atoms with Crippen molar-refractivity contribution in [2.24, 2.45) is 35.0 Å². The Bertz CT molecular complexity index is 312. The van der Waals surface area contributed by atoms with Crippen molar-refractivity contribution in [3.05, 3.63) is 11.6 Å². The highest BCUT2D eigenvalue weighted by Crippen LogP contribution is 2.77. The van der Waals surface area contributed by atoms with Crippen LogP contribution in [-0.2, 0) is 0 Å². The van der Waals surface area contributed by atoms with Gasteiger partial charge in [0, 0.05) is 0 Å². The van der Waals surface area contributed by atoms with Crippen LogP contribution in [0.1, 0.15) is 47.0 Å². The van der Waals surface area contributed by atoms with Crippen LogP contribution >= 0.6 is 0 Å². The number of fused-ring (bicyclic) bond motifs is 1. The molecule has 0 aliphatic heterocycles. The summed E-state index contributed by atoms with van der Waals surface area (Å²) in [6, 6.07) is 0. The Kier molecular flexibility index (Phi) is 1.92. The first-order valence-corrected chi connectivity index (χ1v) is 6.75. The molecule has 0 bridgehead atoms. The first-order valence-electron chi connectivity index (χ1n) is 6.75. The predicted octanol–water partition coefficient (Wildman–Crippen LogP) is 4.27. The first kappa shape index (κ1) is 9.93. The van der Waals surface area contributed by atoms with E-state index in [-0.39, 0.29) is 0 Å². The summed E-state index contributed by atoms with van der Waals surface area (Å²) in [4.78, 5) is 0. The summed E-state index contributed by atoms with van der Waals surface area (Å²) in [5.74, 6) is 4.96. The summed E-state index contributed by atoms with van der Waals surface area (Å²) in [6.07, 6.45) is 6.91. The van der Waals surface area contributed by atoms with Gasteiger partial charge in [-0.3, -0.25) is 0 Å². The van der Waals surface area contributed by atoms with Crippen LogP contribution < -0.4 is 0 Å². The molecule has 0 aromatic rings. The Labute approximate surface area is 94.1 Å². The zero-order valence-corrected chi connectivity index (χ0v) is 10.6. The van der Waals surface area contributed by atoms with E-state index >= 15 is 0 Å². The number of allylic oxidation sites excluding steroid dienone is 2. The highest BCUT2D eigenvalue weighted by Gasteiger charge is 2.71. The third-order valence-corrected chi connectivity index (χ3v) is 5.89. The zero-order valence-electron chi connectivity index (χ0n) is 10.6. The fraction of sp³-hybridized carbons (Fsp3) is 0.867. The molecule has 0 heteroatoms. The molecule has 0 unspecified atom stereocenters. The van der Waals surface area contributed by atoms with Gasteiger partial charge in [-0.1, -0.05) is 32.4 Å². The third kappa shape index (κ3) is 1.04. The van der Waals surface area contributed by atoms with Crippen LogP contribution in [0, 0.1) is 35.0 Å². The predicted molar refractivity (Wildman–Crippen MR) is 64.5 cm³/mol. The van der Waals surface area contributed by atoms with E-state index < -0.39 is 0 Å². The van der Waals surface area contributed by atoms with Crippen LogP contribution in [0.4, 0.5) is 0 Å². The second-order valence-corrected chi connectivity index (χ2v) is 6.65. The zero-order chi connectivity index (χ0) is 10.8. The average molecular weight is 204 g/mol. The molecule has 2 saturated carbocycles. The fourth-order valence-electron chi connectivity index (χ4n) is 5.05. The van der Waals surface area contributed by atoms with E-state index in [1.54, 1.807) is 5.57 Å². The van der Waals surface area contributed by atoms with E-state index in [0.717, 1.165) is 35.0 Å². The molecular weight excluding hydrogens is 180 g/mol. The SMILES string of the molecule is CC1=CC[C@]23[C@@H]([C@H](C(C)C)CC[C@H]2C)[C@H]13. The van der Waals surface area contributed by atoms with E-state index in [1.165, 1.54) is 19.3 Å². The van der Waals surface area contributed by atoms with Gasteiger partial charge in [-0.15, -0.1) is 0 Å². The van der Waals surface area contributed by atoms with Crippen molar-refractivity contribution in [2.75, 3.05) is 0 Å². The molecule has 3 aliphatic carbocycles. The molecule has 84 valence electrons. The lowest BCUT2D eigenvalue weighted by Gasteiger charge is -2.35. The minimum atomic E-state index is 0.747. The topological polar surface area (TPSA) is 0 Å². The van der Waals surface area contributed by atoms with E-state index in [0.29, 0.717) is 0 Å². The van der Waals surface area contributed by atoms with Crippen molar-refractivity contribution in [2.45, 2.75) is 47.0 Å². The molecule has 1 spiro atoms. The van der Waals surface area contributed by atoms with Gasteiger partial charge in [0.2, 0.25) is 0 Å². The molecular formula is C15H24. The standard InChI is InChI=1S/C15H24/c1-9(2)12-6-5-11(4)15-8-7-10(3)13(15)14(12)15/h7,9,11-14H,5-6,8H2,1-4H3/t11-,12+,13+,14+,15+/m1/s1. The molecule has 0 radical (unpaired) electrons. The Morgan fingerprint density at radius 2 is 2.07 bits per heavy atom. The van der Waals surface area contributed by atoms with Crippen LogP contribution in [0.15, 0.2) is 11.6 Å². The molecule has 5 atom stereocenters. The number of rotatable bonds is 1. The second-order valence-electron chi connectivity index (χ2n) is 6.65. The van der Waals surface area contributed by atoms with Gasteiger partial charge in [0.1, 0.15) is 0 Å². The largest absolute Gasteiger partial charge is 0.0847 e. The third-order valence-electron chi connectivity index (χ3n) is 5.89. The van der Waals surface area contributed by atoms with Crippen molar-refractivity contribution < 1.29 is 0 Å². The van der Waals surface area contributed by atoms with E-state index in [9.17, 15) is 0 Å². The maximum absolute atomic E-state index is 2.53. The van der Waals surface area contributed by atoms with Crippen LogP contribution in [-0.4, -0.2) is 0 Å². The van der Waals surface area contributed by atoms with Crippen LogP contribution in [0.3, 0.4) is 0 Å². The monoisotopic (exact) mass is 204 g/mol. The van der Waals surface area contributed by atoms with Crippen molar-refractivity contribution in [3.8, 4) is 0 Å². The summed E-state index contributed by atoms with van der Waals surface area (Å²) >= 11 is 0. The van der Waals surface area contributed by atoms with E-state index in [4.69, 9.17) is 0 Å². The van der Waals surface area contributed by atoms with Gasteiger partial charge >= 0.3 is 0 Å². The van der Waals surface area contributed by atoms with Crippen molar-refractivity contribution >= 4 is 0 Å². The smallest absolute Gasteiger partial charge is 0.0104 e. The summed E-state index contributed by atoms with van der Waals surface area (Å²) < 4.78 is 0. The van der Waals surface area contributed by atoms with Crippen LogP contribution in [0.2, 0.25) is 0 Å². The maximum Gasteiger partial charge on any atom is -0.0104 e. The lowest BCUT2D eigenvalue weighted by atomic mass is 9.70. The molecule has 3 aliphatic rings. The van der Waals surface area contributed by atoms with Gasteiger partial charge in [0.25, 0.3) is 0 Å². The molecule has 15 heavy (non-hydrogen) atoms. The van der Waals surface area contributed by atoms with Gasteiger partial charge in [0.15, 0.2) is 0 Å². The molecule has 0 nitrogen and oxygen atoms in total. The highest BCUT2D eigenvalue weighted by molar-refractivity contribution is 5.35. The molecule has 0 aromatic carbocycles. The summed E-state index contributed by atoms with van der Waals surface area (Å²) in [5.41, 5.74) is 2.47. The Balaban J connectivity index is 1.91. The molecule has 0 N–H and O–H groups in total. The fourth-order valence-corrected chi connectivity index (χ4v) is 5.05. The summed E-state index contributed by atoms with van der Waals surface area (Å²) in [5, 5.41) is 0. The minimum absolute atomic E-state index is 0.747. The first-order chi connectivity index (χ1) is 7.09. The van der Waals surface area contributed by atoms with Gasteiger partial charge in [0.05, 0.1) is 0 Å². The molecule has 0 aromatic heterocycles. The summed E-state index contributed by atoms with van der Waals surface area (Å²) in [7, 11) is 0. The Morgan fingerprint density at radius 1 is 1.33 bits per heavy atom. The minimum Gasteiger partial charge on any atom is -0.0847 e. The molecule has 2 fully saturated rings. The Morgan fingerprint density at radius 3 is 2.73 bits per heavy atom. The highest BCUT2D eigenvalue weighted by atomic mass is 14.8. The van der Waals surface area contributed by atoms with Gasteiger partial charge in [-0.2, -0.15) is 0 Å². The van der Waals surface area contributed by atoms with E-state index in [2.05, 4.69) is 33.8 Å². The quantitative estimate of drug-likeness (QED) is 0.559. The van der Waals surface area contributed by atoms with Crippen molar-refractivity contribution in [3.63, 3.8) is 0 Å². The number of hydrogen-bond acceptors (Lipinski definition) is 0. The van der Waals surface area contributed by atoms with Crippen LogP contribution in [0.25, 0.3) is 0 Å². The van der Waals surface area contributed by atoms with E-state index in [1.807, 2.05) is 0 Å². The lowest BCUT2D eigenvalue weighted by Crippen LogP contribution is -2.27. The maximum atomic E-state index is 2.53. The summed E-state index contributed by atoms with van der Waals surface area (Å²) in [6.45, 7) is 9.75. The second kappa shape index (κ2) is 2.90. The number of hydrogen-bond donors (Lipinski definition) is 0. The van der Waals surface area contributed by atoms with Gasteiger partial charge in [-0.05, 0) is 61.2 Å². The molecule has 3 rings (SSSR count). The lowest BCUT2D eigenvalue weighted by molar-refractivity contribution is 0.149. The average Bonchev–Trinajstić information content (AvgIpc) is 2.75. The normalized spacial score (nSPS) is 52.5. The molecule has 0 heterocycles. The van der Waals surface area contributed by atoms with Crippen molar-refractivity contribution in [1.82, 2.24) is 0 Å². The Hall–Kier alpha value is -0.260. The molecule has 0 amide bonds. The van der Waals surface area contributed by atoms with Crippen molar-refractivity contribution in [1.29, 1.82) is 0 Å². The van der Waals surface area contributed by atoms with Gasteiger partial charge < -0.3 is 0 Å². The molecule has 0 saturated heterocycles. The van der Waals surface area contributed by atoms with Crippen LogP contribution in [0.5, 0.6) is 0 Å².